The number of hydrogen-bond acceptors (Lipinski definition) is 4. The molecule has 1 aliphatic heterocycles. The van der Waals surface area contributed by atoms with Crippen LogP contribution < -0.4 is 0 Å². The van der Waals surface area contributed by atoms with Crippen LogP contribution in [-0.2, 0) is 0 Å². The van der Waals surface area contributed by atoms with E-state index in [-0.39, 0.29) is 34.7 Å². The number of carbonyl (C=O) groups excluding carboxylic acids is 1. The largest absolute Gasteiger partial charge is 0.491 e. The summed E-state index contributed by atoms with van der Waals surface area (Å²) in [6.45, 7) is 1.16. The van der Waals surface area contributed by atoms with Gasteiger partial charge in [-0.25, -0.2) is 4.39 Å². The van der Waals surface area contributed by atoms with Gasteiger partial charge in [-0.3, -0.25) is 4.79 Å². The quantitative estimate of drug-likeness (QED) is 0.925. The van der Waals surface area contributed by atoms with E-state index in [0.717, 1.165) is 24.8 Å². The summed E-state index contributed by atoms with van der Waals surface area (Å²) in [5.41, 5.74) is 0.978. The Morgan fingerprint density at radius 2 is 2.22 bits per heavy atom. The fourth-order valence-electron chi connectivity index (χ4n) is 3.97. The predicted octanol–water partition coefficient (Wildman–Crippen LogP) is 2.93. The molecule has 1 saturated carbocycles. The lowest BCUT2D eigenvalue weighted by Crippen LogP contribution is -2.37. The molecule has 1 saturated heterocycles. The Hall–Kier alpha value is -2.37. The van der Waals surface area contributed by atoms with Gasteiger partial charge >= 0.3 is 0 Å². The van der Waals surface area contributed by atoms with Crippen LogP contribution in [0.3, 0.4) is 0 Å². The smallest absolute Gasteiger partial charge is 0.292 e. The standard InChI is InChI=1S/C17H17FN2O3/c18-12-4-1-3-11(7-12)13-9-20(10-17(13)5-2-6-17)16(22)14-8-15(21)19-23-14/h1,3-4,7-8,13H,2,5-6,9-10H2,(H,19,21)/t13-/m1/s1. The summed E-state index contributed by atoms with van der Waals surface area (Å²) in [6.07, 6.45) is 3.22. The third-order valence-corrected chi connectivity index (χ3v) is 5.24. The monoisotopic (exact) mass is 316 g/mol. The summed E-state index contributed by atoms with van der Waals surface area (Å²) < 4.78 is 18.5. The molecule has 120 valence electrons. The highest BCUT2D eigenvalue weighted by Crippen LogP contribution is 2.55. The maximum atomic E-state index is 13.6. The van der Waals surface area contributed by atoms with E-state index in [1.54, 1.807) is 17.0 Å². The van der Waals surface area contributed by atoms with E-state index in [9.17, 15) is 14.3 Å². The highest BCUT2D eigenvalue weighted by molar-refractivity contribution is 5.92. The molecule has 1 amide bonds. The van der Waals surface area contributed by atoms with Crippen molar-refractivity contribution in [1.29, 1.82) is 0 Å². The number of carbonyl (C=O) groups is 1. The second-order valence-corrected chi connectivity index (χ2v) is 6.56. The number of benzene rings is 1. The number of halogens is 1. The summed E-state index contributed by atoms with van der Waals surface area (Å²) in [5, 5.41) is 12.6. The van der Waals surface area contributed by atoms with E-state index in [1.165, 1.54) is 12.1 Å². The number of aromatic nitrogens is 1. The molecule has 5 nitrogen and oxygen atoms in total. The van der Waals surface area contributed by atoms with Crippen molar-refractivity contribution in [3.63, 3.8) is 0 Å². The van der Waals surface area contributed by atoms with Crippen LogP contribution in [0.25, 0.3) is 0 Å². The van der Waals surface area contributed by atoms with Crippen LogP contribution in [-0.4, -0.2) is 34.2 Å². The lowest BCUT2D eigenvalue weighted by Gasteiger charge is -2.43. The van der Waals surface area contributed by atoms with E-state index in [1.807, 2.05) is 6.07 Å². The Labute approximate surface area is 132 Å². The molecule has 23 heavy (non-hydrogen) atoms. The van der Waals surface area contributed by atoms with E-state index in [4.69, 9.17) is 4.52 Å². The highest BCUT2D eigenvalue weighted by atomic mass is 19.1. The van der Waals surface area contributed by atoms with Crippen molar-refractivity contribution in [3.05, 3.63) is 47.5 Å². The first-order valence-corrected chi connectivity index (χ1v) is 7.78. The van der Waals surface area contributed by atoms with Crippen molar-refractivity contribution in [2.75, 3.05) is 13.1 Å². The van der Waals surface area contributed by atoms with Gasteiger partial charge in [-0.15, -0.1) is 0 Å². The maximum Gasteiger partial charge on any atom is 0.292 e. The van der Waals surface area contributed by atoms with Crippen molar-refractivity contribution >= 4 is 5.91 Å². The first kappa shape index (κ1) is 14.2. The number of rotatable bonds is 2. The zero-order valence-corrected chi connectivity index (χ0v) is 12.5. The van der Waals surface area contributed by atoms with Gasteiger partial charge in [0, 0.05) is 19.0 Å². The van der Waals surface area contributed by atoms with Gasteiger partial charge in [0.1, 0.15) is 5.82 Å². The Morgan fingerprint density at radius 3 is 2.83 bits per heavy atom. The topological polar surface area (TPSA) is 66.6 Å². The zero-order valence-electron chi connectivity index (χ0n) is 12.5. The summed E-state index contributed by atoms with van der Waals surface area (Å²) >= 11 is 0. The van der Waals surface area contributed by atoms with Gasteiger partial charge in [-0.1, -0.05) is 18.6 Å². The molecule has 2 aliphatic rings. The molecular weight excluding hydrogens is 299 g/mol. The van der Waals surface area contributed by atoms with Gasteiger partial charge in [-0.05, 0) is 41.1 Å². The number of nitrogens with zero attached hydrogens (tertiary/aromatic N) is 2. The fraction of sp³-hybridized carbons (Fsp3) is 0.412. The zero-order chi connectivity index (χ0) is 16.0. The minimum atomic E-state index is -0.299. The van der Waals surface area contributed by atoms with Gasteiger partial charge in [0.2, 0.25) is 5.76 Å². The van der Waals surface area contributed by atoms with Crippen LogP contribution in [0.1, 0.15) is 41.3 Å². The summed E-state index contributed by atoms with van der Waals surface area (Å²) in [7, 11) is 0. The Kier molecular flexibility index (Phi) is 3.14. The molecule has 1 aromatic carbocycles. The lowest BCUT2D eigenvalue weighted by atomic mass is 9.61. The second-order valence-electron chi connectivity index (χ2n) is 6.56. The van der Waals surface area contributed by atoms with Crippen LogP contribution in [0.5, 0.6) is 5.88 Å². The molecule has 1 spiro atoms. The predicted molar refractivity (Wildman–Crippen MR) is 79.5 cm³/mol. The van der Waals surface area contributed by atoms with Crippen LogP contribution in [0.4, 0.5) is 4.39 Å². The van der Waals surface area contributed by atoms with Crippen molar-refractivity contribution < 1.29 is 18.8 Å². The minimum Gasteiger partial charge on any atom is -0.491 e. The number of likely N-dealkylation sites (tertiary alicyclic amines) is 1. The summed E-state index contributed by atoms with van der Waals surface area (Å²) in [4.78, 5) is 14.3. The van der Waals surface area contributed by atoms with Crippen LogP contribution in [0, 0.1) is 11.2 Å². The molecule has 1 aliphatic carbocycles. The highest BCUT2D eigenvalue weighted by Gasteiger charge is 2.52. The van der Waals surface area contributed by atoms with Gasteiger partial charge in [0.25, 0.3) is 11.8 Å². The van der Waals surface area contributed by atoms with E-state index >= 15 is 0 Å². The summed E-state index contributed by atoms with van der Waals surface area (Å²) in [6, 6.07) is 7.88. The van der Waals surface area contributed by atoms with E-state index < -0.39 is 0 Å². The molecule has 0 unspecified atom stereocenters. The number of hydrogen-bond donors (Lipinski definition) is 1. The van der Waals surface area contributed by atoms with Crippen molar-refractivity contribution in [3.8, 4) is 5.88 Å². The molecule has 0 radical (unpaired) electrons. The Balaban J connectivity index is 1.62. The summed E-state index contributed by atoms with van der Waals surface area (Å²) in [5.74, 6) is -0.651. The second kappa shape index (κ2) is 5.08. The van der Waals surface area contributed by atoms with Gasteiger partial charge in [0.05, 0.1) is 6.07 Å². The van der Waals surface area contributed by atoms with E-state index in [0.29, 0.717) is 13.1 Å². The normalized spacial score (nSPS) is 22.3. The molecule has 6 heteroatoms. The SMILES string of the molecule is O=C(c1cc(O)no1)N1C[C@H](c2cccc(F)c2)C2(CCC2)C1. The van der Waals surface area contributed by atoms with Gasteiger partial charge in [0.15, 0.2) is 0 Å². The number of aromatic hydroxyl groups is 1. The maximum absolute atomic E-state index is 13.6. The van der Waals surface area contributed by atoms with Crippen molar-refractivity contribution in [2.24, 2.45) is 5.41 Å². The fourth-order valence-corrected chi connectivity index (χ4v) is 3.97. The van der Waals surface area contributed by atoms with Crippen molar-refractivity contribution in [1.82, 2.24) is 10.1 Å². The molecule has 2 heterocycles. The average Bonchev–Trinajstić information content (AvgIpc) is 3.10. The van der Waals surface area contributed by atoms with E-state index in [2.05, 4.69) is 5.16 Å². The number of amides is 1. The van der Waals surface area contributed by atoms with Crippen LogP contribution in [0.2, 0.25) is 0 Å². The lowest BCUT2D eigenvalue weighted by molar-refractivity contribution is 0.0686. The van der Waals surface area contributed by atoms with Gasteiger partial charge < -0.3 is 14.5 Å². The van der Waals surface area contributed by atoms with Crippen LogP contribution >= 0.6 is 0 Å². The first-order chi connectivity index (χ1) is 11.1. The molecule has 2 fully saturated rings. The van der Waals surface area contributed by atoms with Crippen molar-refractivity contribution in [2.45, 2.75) is 25.2 Å². The molecular formula is C17H17FN2O3. The minimum absolute atomic E-state index is 0.0333. The molecule has 2 aromatic rings. The molecule has 1 N–H and O–H groups in total. The molecule has 1 aromatic heterocycles. The molecule has 4 rings (SSSR count). The Bertz CT molecular complexity index is 754. The third-order valence-electron chi connectivity index (χ3n) is 5.24. The Morgan fingerprint density at radius 1 is 1.39 bits per heavy atom. The molecule has 1 atom stereocenters. The van der Waals surface area contributed by atoms with Crippen LogP contribution in [0.15, 0.2) is 34.9 Å². The third kappa shape index (κ3) is 2.29. The van der Waals surface area contributed by atoms with Gasteiger partial charge in [-0.2, -0.15) is 0 Å². The first-order valence-electron chi connectivity index (χ1n) is 7.78. The molecule has 0 bridgehead atoms. The average molecular weight is 316 g/mol.